The maximum atomic E-state index is 13.5. The number of hydrogen-bond acceptors (Lipinski definition) is 1. The van der Waals surface area contributed by atoms with E-state index in [2.05, 4.69) is 21.2 Å². The highest BCUT2D eigenvalue weighted by molar-refractivity contribution is 9.10. The smallest absolute Gasteiger partial charge is 0.254 e. The average Bonchev–Trinajstić information content (AvgIpc) is 2.17. The van der Waals surface area contributed by atoms with Gasteiger partial charge in [-0.05, 0) is 47.3 Å². The Bertz CT molecular complexity index is 434. The highest BCUT2D eigenvalue weighted by atomic mass is 79.9. The summed E-state index contributed by atoms with van der Waals surface area (Å²) in [5.41, 5.74) is 0.0000926. The number of nitrogens with one attached hydrogen (secondary N) is 1. The van der Waals surface area contributed by atoms with Gasteiger partial charge in [0, 0.05) is 10.5 Å². The Morgan fingerprint density at radius 2 is 2.19 bits per heavy atom. The van der Waals surface area contributed by atoms with E-state index in [9.17, 15) is 9.18 Å². The van der Waals surface area contributed by atoms with Crippen molar-refractivity contribution in [3.8, 4) is 0 Å². The molecule has 86 valence electrons. The van der Waals surface area contributed by atoms with Crippen LogP contribution < -0.4 is 5.32 Å². The fourth-order valence-corrected chi connectivity index (χ4v) is 1.99. The fraction of sp³-hybridized carbons (Fsp3) is 0.364. The first kappa shape index (κ1) is 11.9. The summed E-state index contributed by atoms with van der Waals surface area (Å²) in [6.45, 7) is 0. The Hall–Kier alpha value is -0.610. The Morgan fingerprint density at radius 3 is 2.75 bits per heavy atom. The van der Waals surface area contributed by atoms with Crippen LogP contribution >= 0.6 is 27.5 Å². The lowest BCUT2D eigenvalue weighted by atomic mass is 9.93. The molecule has 0 unspecified atom stereocenters. The molecule has 0 aliphatic heterocycles. The molecule has 1 N–H and O–H groups in total. The molecule has 1 aromatic rings. The van der Waals surface area contributed by atoms with Crippen molar-refractivity contribution in [3.63, 3.8) is 0 Å². The molecular formula is C11H10BrClFNO. The number of amides is 1. The molecule has 1 fully saturated rings. The van der Waals surface area contributed by atoms with Gasteiger partial charge in [0.25, 0.3) is 5.91 Å². The third-order valence-electron chi connectivity index (χ3n) is 2.69. The normalized spacial score (nSPS) is 15.7. The molecule has 0 radical (unpaired) electrons. The topological polar surface area (TPSA) is 29.1 Å². The lowest BCUT2D eigenvalue weighted by molar-refractivity contribution is 0.0913. The quantitative estimate of drug-likeness (QED) is 0.832. The second-order valence-corrected chi connectivity index (χ2v) is 5.11. The van der Waals surface area contributed by atoms with Crippen LogP contribution in [-0.4, -0.2) is 11.9 Å². The molecule has 0 aromatic heterocycles. The van der Waals surface area contributed by atoms with Gasteiger partial charge in [0.1, 0.15) is 5.82 Å². The summed E-state index contributed by atoms with van der Waals surface area (Å²) in [4.78, 5) is 11.7. The van der Waals surface area contributed by atoms with Crippen molar-refractivity contribution < 1.29 is 9.18 Å². The van der Waals surface area contributed by atoms with Crippen molar-refractivity contribution in [2.24, 2.45) is 0 Å². The zero-order valence-corrected chi connectivity index (χ0v) is 10.7. The molecule has 5 heteroatoms. The van der Waals surface area contributed by atoms with E-state index in [0.717, 1.165) is 19.3 Å². The minimum atomic E-state index is -0.562. The second-order valence-electron chi connectivity index (χ2n) is 3.85. The number of carbonyl (C=O) groups is 1. The van der Waals surface area contributed by atoms with E-state index < -0.39 is 11.7 Å². The van der Waals surface area contributed by atoms with Crippen molar-refractivity contribution in [2.75, 3.05) is 0 Å². The van der Waals surface area contributed by atoms with Crippen molar-refractivity contribution in [2.45, 2.75) is 25.3 Å². The van der Waals surface area contributed by atoms with Crippen molar-refractivity contribution in [1.82, 2.24) is 5.32 Å². The highest BCUT2D eigenvalue weighted by Gasteiger charge is 2.22. The molecule has 0 atom stereocenters. The third-order valence-corrected chi connectivity index (χ3v) is 3.89. The van der Waals surface area contributed by atoms with Crippen molar-refractivity contribution in [3.05, 3.63) is 33.0 Å². The Kier molecular flexibility index (Phi) is 3.50. The van der Waals surface area contributed by atoms with Crippen LogP contribution in [0, 0.1) is 5.82 Å². The van der Waals surface area contributed by atoms with Gasteiger partial charge in [-0.25, -0.2) is 4.39 Å². The molecule has 1 aliphatic carbocycles. The maximum absolute atomic E-state index is 13.5. The van der Waals surface area contributed by atoms with Gasteiger partial charge in [-0.2, -0.15) is 0 Å². The van der Waals surface area contributed by atoms with Crippen LogP contribution in [0.1, 0.15) is 29.6 Å². The van der Waals surface area contributed by atoms with Gasteiger partial charge in [0.2, 0.25) is 0 Å². The summed E-state index contributed by atoms with van der Waals surface area (Å²) < 4.78 is 14.0. The van der Waals surface area contributed by atoms with Crippen LogP contribution in [0.15, 0.2) is 16.6 Å². The number of hydrogen-bond donors (Lipinski definition) is 1. The summed E-state index contributed by atoms with van der Waals surface area (Å²) in [6, 6.07) is 2.74. The van der Waals surface area contributed by atoms with Gasteiger partial charge < -0.3 is 5.32 Å². The number of rotatable bonds is 2. The van der Waals surface area contributed by atoms with Gasteiger partial charge in [0.05, 0.1) is 10.6 Å². The van der Waals surface area contributed by atoms with Crippen LogP contribution in [0.5, 0.6) is 0 Å². The number of halogens is 3. The van der Waals surface area contributed by atoms with E-state index >= 15 is 0 Å². The molecule has 2 nitrogen and oxygen atoms in total. The van der Waals surface area contributed by atoms with E-state index in [4.69, 9.17) is 11.6 Å². The molecule has 1 aliphatic rings. The molecule has 1 amide bonds. The molecule has 1 aromatic carbocycles. The predicted molar refractivity (Wildman–Crippen MR) is 64.2 cm³/mol. The Labute approximate surface area is 106 Å². The zero-order chi connectivity index (χ0) is 11.7. The standard InChI is InChI=1S/C11H10BrClFNO/c12-8-5-10(14)7(4-9(8)13)11(16)15-6-2-1-3-6/h4-6H,1-3H2,(H,15,16). The SMILES string of the molecule is O=C(NC1CCC1)c1cc(Cl)c(Br)cc1F. The van der Waals surface area contributed by atoms with Crippen molar-refractivity contribution >= 4 is 33.4 Å². The first-order valence-electron chi connectivity index (χ1n) is 5.03. The van der Waals surface area contributed by atoms with E-state index in [1.165, 1.54) is 12.1 Å². The largest absolute Gasteiger partial charge is 0.349 e. The highest BCUT2D eigenvalue weighted by Crippen LogP contribution is 2.26. The number of benzene rings is 1. The van der Waals surface area contributed by atoms with Crippen LogP contribution in [0.4, 0.5) is 4.39 Å². The molecule has 0 heterocycles. The van der Waals surface area contributed by atoms with E-state index in [1.54, 1.807) is 0 Å². The summed E-state index contributed by atoms with van der Waals surface area (Å²) in [7, 11) is 0. The van der Waals surface area contributed by atoms with Crippen LogP contribution in [-0.2, 0) is 0 Å². The summed E-state index contributed by atoms with van der Waals surface area (Å²) >= 11 is 8.92. The van der Waals surface area contributed by atoms with Gasteiger partial charge in [-0.1, -0.05) is 11.6 Å². The molecule has 1 saturated carbocycles. The Morgan fingerprint density at radius 1 is 1.50 bits per heavy atom. The fourth-order valence-electron chi connectivity index (χ4n) is 1.51. The third kappa shape index (κ3) is 2.38. The van der Waals surface area contributed by atoms with Crippen molar-refractivity contribution in [1.29, 1.82) is 0 Å². The molecule has 0 saturated heterocycles. The maximum Gasteiger partial charge on any atom is 0.254 e. The minimum Gasteiger partial charge on any atom is -0.349 e. The Balaban J connectivity index is 2.18. The number of carbonyl (C=O) groups excluding carboxylic acids is 1. The molecule has 2 rings (SSSR count). The van der Waals surface area contributed by atoms with Crippen LogP contribution in [0.3, 0.4) is 0 Å². The summed E-state index contributed by atoms with van der Waals surface area (Å²) in [5, 5.41) is 3.10. The lowest BCUT2D eigenvalue weighted by Gasteiger charge is -2.26. The summed E-state index contributed by atoms with van der Waals surface area (Å²) in [6.07, 6.45) is 3.06. The van der Waals surface area contributed by atoms with Gasteiger partial charge in [-0.3, -0.25) is 4.79 Å². The lowest BCUT2D eigenvalue weighted by Crippen LogP contribution is -2.39. The first-order valence-corrected chi connectivity index (χ1v) is 6.20. The summed E-state index contributed by atoms with van der Waals surface area (Å²) in [5.74, 6) is -0.954. The van der Waals surface area contributed by atoms with Crippen LogP contribution in [0.25, 0.3) is 0 Å². The first-order chi connectivity index (χ1) is 7.58. The molecule has 0 bridgehead atoms. The van der Waals surface area contributed by atoms with Gasteiger partial charge in [-0.15, -0.1) is 0 Å². The molecule has 0 spiro atoms. The van der Waals surface area contributed by atoms with E-state index in [-0.39, 0.29) is 11.6 Å². The monoisotopic (exact) mass is 305 g/mol. The predicted octanol–water partition coefficient (Wildman–Crippen LogP) is 3.52. The second kappa shape index (κ2) is 4.72. The van der Waals surface area contributed by atoms with E-state index in [1.807, 2.05) is 0 Å². The average molecular weight is 307 g/mol. The van der Waals surface area contributed by atoms with E-state index in [0.29, 0.717) is 9.50 Å². The van der Waals surface area contributed by atoms with Crippen LogP contribution in [0.2, 0.25) is 5.02 Å². The van der Waals surface area contributed by atoms with Gasteiger partial charge in [0.15, 0.2) is 0 Å². The van der Waals surface area contributed by atoms with Gasteiger partial charge >= 0.3 is 0 Å². The minimum absolute atomic E-state index is 0.0000926. The molecule has 16 heavy (non-hydrogen) atoms. The zero-order valence-electron chi connectivity index (χ0n) is 8.40. The molecular weight excluding hydrogens is 296 g/mol.